The van der Waals surface area contributed by atoms with E-state index in [0.29, 0.717) is 24.5 Å². The van der Waals surface area contributed by atoms with Gasteiger partial charge in [-0.15, -0.1) is 0 Å². The van der Waals surface area contributed by atoms with Crippen LogP contribution in [0.25, 0.3) is 0 Å². The molecular weight excluding hydrogens is 212 g/mol. The smallest absolute Gasteiger partial charge is 0.237 e. The van der Waals surface area contributed by atoms with E-state index >= 15 is 0 Å². The van der Waals surface area contributed by atoms with Crippen molar-refractivity contribution in [1.82, 2.24) is 10.2 Å². The molecule has 1 amide bonds. The molecule has 0 radical (unpaired) electrons. The van der Waals surface area contributed by atoms with Crippen molar-refractivity contribution in [1.29, 1.82) is 0 Å². The first-order valence-electron chi connectivity index (χ1n) is 7.19. The Hall–Kier alpha value is -0.570. The Kier molecular flexibility index (Phi) is 4.43. The molecule has 2 fully saturated rings. The van der Waals surface area contributed by atoms with Crippen LogP contribution in [0.1, 0.15) is 52.4 Å². The molecule has 0 aromatic heterocycles. The second-order valence-electron chi connectivity index (χ2n) is 6.08. The quantitative estimate of drug-likeness (QED) is 0.815. The molecule has 0 aromatic carbocycles. The lowest BCUT2D eigenvalue weighted by atomic mass is 9.89. The van der Waals surface area contributed by atoms with Crippen LogP contribution in [0.5, 0.6) is 0 Å². The first-order chi connectivity index (χ1) is 8.16. The number of carbonyl (C=O) groups is 1. The summed E-state index contributed by atoms with van der Waals surface area (Å²) in [5.41, 5.74) is 0. The van der Waals surface area contributed by atoms with E-state index in [9.17, 15) is 4.79 Å². The minimum atomic E-state index is 0.296. The molecule has 1 atom stereocenters. The summed E-state index contributed by atoms with van der Waals surface area (Å²) in [4.78, 5) is 14.0. The number of nitrogens with zero attached hydrogens (tertiary/aromatic N) is 1. The summed E-state index contributed by atoms with van der Waals surface area (Å²) in [7, 11) is 0. The number of rotatable bonds is 4. The van der Waals surface area contributed by atoms with Gasteiger partial charge in [0.2, 0.25) is 5.91 Å². The SMILES string of the molecule is CC(C)CC1NCC(=O)N1CC1CCCCC1. The van der Waals surface area contributed by atoms with Crippen molar-refractivity contribution in [3.8, 4) is 0 Å². The van der Waals surface area contributed by atoms with Gasteiger partial charge >= 0.3 is 0 Å². The first-order valence-corrected chi connectivity index (χ1v) is 7.19. The highest BCUT2D eigenvalue weighted by atomic mass is 16.2. The second-order valence-corrected chi connectivity index (χ2v) is 6.08. The zero-order valence-corrected chi connectivity index (χ0v) is 11.2. The van der Waals surface area contributed by atoms with E-state index in [-0.39, 0.29) is 0 Å². The third kappa shape index (κ3) is 3.44. The number of hydrogen-bond acceptors (Lipinski definition) is 2. The zero-order valence-electron chi connectivity index (χ0n) is 11.2. The van der Waals surface area contributed by atoms with Crippen molar-refractivity contribution in [2.75, 3.05) is 13.1 Å². The fraction of sp³-hybridized carbons (Fsp3) is 0.929. The lowest BCUT2D eigenvalue weighted by Crippen LogP contribution is -2.41. The Morgan fingerprint density at radius 1 is 1.29 bits per heavy atom. The van der Waals surface area contributed by atoms with Crippen molar-refractivity contribution >= 4 is 5.91 Å². The Balaban J connectivity index is 1.88. The number of carbonyl (C=O) groups excluding carboxylic acids is 1. The predicted octanol–water partition coefficient (Wildman–Crippen LogP) is 2.37. The summed E-state index contributed by atoms with van der Waals surface area (Å²) in [6, 6.07) is 0. The van der Waals surface area contributed by atoms with Crippen molar-refractivity contribution < 1.29 is 4.79 Å². The lowest BCUT2D eigenvalue weighted by molar-refractivity contribution is -0.128. The monoisotopic (exact) mass is 238 g/mol. The Labute approximate surface area is 105 Å². The van der Waals surface area contributed by atoms with E-state index in [1.54, 1.807) is 0 Å². The topological polar surface area (TPSA) is 32.3 Å². The molecule has 0 aromatic rings. The van der Waals surface area contributed by atoms with E-state index in [1.807, 2.05) is 0 Å². The molecule has 1 aliphatic carbocycles. The molecule has 1 saturated carbocycles. The van der Waals surface area contributed by atoms with Crippen LogP contribution in [0, 0.1) is 11.8 Å². The van der Waals surface area contributed by atoms with Gasteiger partial charge in [-0.1, -0.05) is 33.1 Å². The van der Waals surface area contributed by atoms with E-state index in [2.05, 4.69) is 24.1 Å². The van der Waals surface area contributed by atoms with Gasteiger partial charge in [0, 0.05) is 6.54 Å². The van der Waals surface area contributed by atoms with Crippen molar-refractivity contribution in [2.24, 2.45) is 11.8 Å². The van der Waals surface area contributed by atoms with Crippen LogP contribution in [0.4, 0.5) is 0 Å². The molecule has 0 bridgehead atoms. The lowest BCUT2D eigenvalue weighted by Gasteiger charge is -2.31. The van der Waals surface area contributed by atoms with Crippen LogP contribution in [-0.2, 0) is 4.79 Å². The average molecular weight is 238 g/mol. The highest BCUT2D eigenvalue weighted by molar-refractivity contribution is 5.80. The zero-order chi connectivity index (χ0) is 12.3. The number of hydrogen-bond donors (Lipinski definition) is 1. The standard InChI is InChI=1S/C14H26N2O/c1-11(2)8-13-15-9-14(17)16(13)10-12-6-4-3-5-7-12/h11-13,15H,3-10H2,1-2H3. The average Bonchev–Trinajstić information content (AvgIpc) is 2.62. The van der Waals surface area contributed by atoms with Gasteiger partial charge in [-0.25, -0.2) is 0 Å². The van der Waals surface area contributed by atoms with Gasteiger partial charge < -0.3 is 4.90 Å². The molecular formula is C14H26N2O. The maximum Gasteiger partial charge on any atom is 0.237 e. The molecule has 0 spiro atoms. The van der Waals surface area contributed by atoms with Crippen molar-refractivity contribution in [3.63, 3.8) is 0 Å². The van der Waals surface area contributed by atoms with Gasteiger partial charge in [0.1, 0.15) is 0 Å². The molecule has 3 heteroatoms. The fourth-order valence-corrected chi connectivity index (χ4v) is 3.12. The largest absolute Gasteiger partial charge is 0.326 e. The van der Waals surface area contributed by atoms with Crippen LogP contribution in [0.2, 0.25) is 0 Å². The highest BCUT2D eigenvalue weighted by Gasteiger charge is 2.32. The molecule has 3 nitrogen and oxygen atoms in total. The summed E-state index contributed by atoms with van der Waals surface area (Å²) in [5.74, 6) is 1.70. The highest BCUT2D eigenvalue weighted by Crippen LogP contribution is 2.26. The van der Waals surface area contributed by atoms with Gasteiger partial charge in [-0.05, 0) is 31.1 Å². The second kappa shape index (κ2) is 5.85. The Morgan fingerprint density at radius 2 is 2.00 bits per heavy atom. The molecule has 2 rings (SSSR count). The fourth-order valence-electron chi connectivity index (χ4n) is 3.12. The van der Waals surface area contributed by atoms with Crippen LogP contribution in [0.15, 0.2) is 0 Å². The van der Waals surface area contributed by atoms with Crippen LogP contribution in [-0.4, -0.2) is 30.1 Å². The predicted molar refractivity (Wildman–Crippen MR) is 69.5 cm³/mol. The molecule has 98 valence electrons. The number of amides is 1. The summed E-state index contributed by atoms with van der Waals surface area (Å²) in [6.07, 6.45) is 8.11. The normalized spacial score (nSPS) is 27.1. The van der Waals surface area contributed by atoms with Crippen LogP contribution < -0.4 is 5.32 Å². The third-order valence-corrected chi connectivity index (χ3v) is 4.06. The van der Waals surface area contributed by atoms with Gasteiger partial charge in [-0.2, -0.15) is 0 Å². The van der Waals surface area contributed by atoms with Crippen molar-refractivity contribution in [2.45, 2.75) is 58.5 Å². The summed E-state index contributed by atoms with van der Waals surface area (Å²) in [5, 5.41) is 3.35. The third-order valence-electron chi connectivity index (χ3n) is 4.06. The number of nitrogens with one attached hydrogen (secondary N) is 1. The molecule has 1 N–H and O–H groups in total. The van der Waals surface area contributed by atoms with Crippen LogP contribution >= 0.6 is 0 Å². The van der Waals surface area contributed by atoms with E-state index in [1.165, 1.54) is 32.1 Å². The molecule has 1 saturated heterocycles. The summed E-state index contributed by atoms with van der Waals surface area (Å²) >= 11 is 0. The molecule has 1 heterocycles. The maximum absolute atomic E-state index is 11.9. The Bertz CT molecular complexity index is 259. The minimum Gasteiger partial charge on any atom is -0.326 e. The molecule has 1 unspecified atom stereocenters. The molecule has 1 aliphatic heterocycles. The maximum atomic E-state index is 11.9. The van der Waals surface area contributed by atoms with Gasteiger partial charge in [-0.3, -0.25) is 10.1 Å². The van der Waals surface area contributed by atoms with Crippen molar-refractivity contribution in [3.05, 3.63) is 0 Å². The van der Waals surface area contributed by atoms with Gasteiger partial charge in [0.15, 0.2) is 0 Å². The van der Waals surface area contributed by atoms with Gasteiger partial charge in [0.25, 0.3) is 0 Å². The van der Waals surface area contributed by atoms with E-state index < -0.39 is 0 Å². The molecule has 17 heavy (non-hydrogen) atoms. The van der Waals surface area contributed by atoms with Crippen LogP contribution in [0.3, 0.4) is 0 Å². The summed E-state index contributed by atoms with van der Waals surface area (Å²) < 4.78 is 0. The Morgan fingerprint density at radius 3 is 2.65 bits per heavy atom. The minimum absolute atomic E-state index is 0.296. The van der Waals surface area contributed by atoms with E-state index in [4.69, 9.17) is 0 Å². The van der Waals surface area contributed by atoms with Gasteiger partial charge in [0.05, 0.1) is 12.7 Å². The summed E-state index contributed by atoms with van der Waals surface area (Å²) in [6.45, 7) is 5.99. The van der Waals surface area contributed by atoms with E-state index in [0.717, 1.165) is 18.9 Å². The molecule has 2 aliphatic rings. The first kappa shape index (κ1) is 12.9.